The maximum absolute atomic E-state index is 12.7. The molecule has 0 saturated carbocycles. The van der Waals surface area contributed by atoms with Crippen molar-refractivity contribution in [2.75, 3.05) is 6.54 Å². The molecule has 0 spiro atoms. The maximum atomic E-state index is 12.7. The zero-order valence-corrected chi connectivity index (χ0v) is 16.1. The van der Waals surface area contributed by atoms with Crippen molar-refractivity contribution < 1.29 is 4.42 Å². The molecule has 0 N–H and O–H groups in total. The fourth-order valence-corrected chi connectivity index (χ4v) is 4.03. The second-order valence-electron chi connectivity index (χ2n) is 7.40. The van der Waals surface area contributed by atoms with Gasteiger partial charge in [-0.3, -0.25) is 14.3 Å². The van der Waals surface area contributed by atoms with Crippen molar-refractivity contribution in [2.24, 2.45) is 7.05 Å². The zero-order valence-electron chi connectivity index (χ0n) is 16.1. The van der Waals surface area contributed by atoms with Crippen molar-refractivity contribution in [3.63, 3.8) is 0 Å². The Morgan fingerprint density at radius 1 is 1.15 bits per heavy atom. The van der Waals surface area contributed by atoms with E-state index in [4.69, 9.17) is 9.40 Å². The van der Waals surface area contributed by atoms with E-state index < -0.39 is 0 Å². The highest BCUT2D eigenvalue weighted by atomic mass is 16.3. The van der Waals surface area contributed by atoms with Crippen LogP contribution in [-0.2, 0) is 20.0 Å². The van der Waals surface area contributed by atoms with Crippen LogP contribution in [0.2, 0.25) is 0 Å². The monoisotopic (exact) mass is 365 g/mol. The number of rotatable bonds is 4. The third kappa shape index (κ3) is 3.56. The second-order valence-corrected chi connectivity index (χ2v) is 7.40. The lowest BCUT2D eigenvalue weighted by Gasteiger charge is -2.28. The third-order valence-electron chi connectivity index (χ3n) is 5.64. The normalized spacial score (nSPS) is 18.7. The summed E-state index contributed by atoms with van der Waals surface area (Å²) in [6.07, 6.45) is 5.59. The molecule has 1 aliphatic heterocycles. The highest BCUT2D eigenvalue weighted by molar-refractivity contribution is 5.77. The molecule has 142 valence electrons. The van der Waals surface area contributed by atoms with E-state index in [0.29, 0.717) is 11.9 Å². The zero-order chi connectivity index (χ0) is 18.8. The van der Waals surface area contributed by atoms with Crippen molar-refractivity contribution in [3.8, 4) is 0 Å². The number of aromatic nitrogens is 2. The molecular weight excluding hydrogens is 338 g/mol. The Bertz CT molecular complexity index is 989. The van der Waals surface area contributed by atoms with Gasteiger partial charge in [0.25, 0.3) is 5.56 Å². The molecule has 4 rings (SSSR count). The molecule has 1 aromatic carbocycles. The number of para-hydroxylation sites is 1. The minimum atomic E-state index is 0.0215. The Hall–Kier alpha value is -2.40. The van der Waals surface area contributed by atoms with Gasteiger partial charge in [-0.25, -0.2) is 4.98 Å². The SMILES string of the molecule is CCc1ccc(C2CCCCCN2Cc2nc3ccccc3c(=O)n2C)o1. The quantitative estimate of drug-likeness (QED) is 0.695. The van der Waals surface area contributed by atoms with Gasteiger partial charge >= 0.3 is 0 Å². The van der Waals surface area contributed by atoms with Gasteiger partial charge in [0.2, 0.25) is 0 Å². The van der Waals surface area contributed by atoms with Crippen molar-refractivity contribution in [1.29, 1.82) is 0 Å². The topological polar surface area (TPSA) is 51.3 Å². The van der Waals surface area contributed by atoms with E-state index in [9.17, 15) is 4.79 Å². The smallest absolute Gasteiger partial charge is 0.261 e. The Labute approximate surface area is 159 Å². The lowest BCUT2D eigenvalue weighted by Crippen LogP contribution is -2.32. The van der Waals surface area contributed by atoms with E-state index in [-0.39, 0.29) is 11.6 Å². The summed E-state index contributed by atoms with van der Waals surface area (Å²) in [5.41, 5.74) is 0.793. The number of hydrogen-bond acceptors (Lipinski definition) is 4. The van der Waals surface area contributed by atoms with E-state index in [1.54, 1.807) is 4.57 Å². The van der Waals surface area contributed by atoms with Gasteiger partial charge in [-0.05, 0) is 43.7 Å². The predicted molar refractivity (Wildman–Crippen MR) is 107 cm³/mol. The summed E-state index contributed by atoms with van der Waals surface area (Å²) in [5.74, 6) is 2.89. The summed E-state index contributed by atoms with van der Waals surface area (Å²) in [7, 11) is 1.83. The molecule has 0 radical (unpaired) electrons. The highest BCUT2D eigenvalue weighted by Crippen LogP contribution is 2.32. The molecule has 3 heterocycles. The number of furan rings is 1. The molecule has 0 amide bonds. The number of hydrogen-bond donors (Lipinski definition) is 0. The number of aryl methyl sites for hydroxylation is 1. The van der Waals surface area contributed by atoms with Crippen LogP contribution >= 0.6 is 0 Å². The molecule has 27 heavy (non-hydrogen) atoms. The molecule has 5 heteroatoms. The maximum Gasteiger partial charge on any atom is 0.261 e. The highest BCUT2D eigenvalue weighted by Gasteiger charge is 2.26. The van der Waals surface area contributed by atoms with Gasteiger partial charge in [-0.15, -0.1) is 0 Å². The molecular formula is C22H27N3O2. The standard InChI is InChI=1S/C22H27N3O2/c1-3-16-12-13-20(27-16)19-11-5-4-8-14-25(19)15-21-23-18-10-7-6-9-17(18)22(26)24(21)2/h6-7,9-10,12-13,19H,3-5,8,11,14-15H2,1-2H3. The first-order valence-electron chi connectivity index (χ1n) is 9.94. The summed E-state index contributed by atoms with van der Waals surface area (Å²) in [5, 5.41) is 0.676. The van der Waals surface area contributed by atoms with Crippen LogP contribution in [0.15, 0.2) is 45.6 Å². The van der Waals surface area contributed by atoms with E-state index >= 15 is 0 Å². The first-order valence-corrected chi connectivity index (χ1v) is 9.94. The van der Waals surface area contributed by atoms with Crippen molar-refractivity contribution in [2.45, 2.75) is 51.6 Å². The van der Waals surface area contributed by atoms with Gasteiger partial charge in [0.15, 0.2) is 0 Å². The van der Waals surface area contributed by atoms with Crippen LogP contribution < -0.4 is 5.56 Å². The van der Waals surface area contributed by atoms with E-state index in [1.807, 2.05) is 31.3 Å². The minimum absolute atomic E-state index is 0.0215. The van der Waals surface area contributed by atoms with Gasteiger partial charge in [-0.1, -0.05) is 31.9 Å². The second kappa shape index (κ2) is 7.69. The van der Waals surface area contributed by atoms with E-state index in [2.05, 4.69) is 24.0 Å². The summed E-state index contributed by atoms with van der Waals surface area (Å²) < 4.78 is 7.79. The van der Waals surface area contributed by atoms with Crippen LogP contribution in [0, 0.1) is 0 Å². The molecule has 1 aliphatic rings. The Morgan fingerprint density at radius 3 is 2.81 bits per heavy atom. The minimum Gasteiger partial charge on any atom is -0.464 e. The average molecular weight is 365 g/mol. The van der Waals surface area contributed by atoms with Gasteiger partial charge < -0.3 is 4.42 Å². The molecule has 1 unspecified atom stereocenters. The molecule has 3 aromatic rings. The number of nitrogens with zero attached hydrogens (tertiary/aromatic N) is 3. The average Bonchev–Trinajstić information content (AvgIpc) is 3.05. The third-order valence-corrected chi connectivity index (χ3v) is 5.64. The number of benzene rings is 1. The van der Waals surface area contributed by atoms with E-state index in [1.165, 1.54) is 19.3 Å². The molecule has 1 fully saturated rings. The Kier molecular flexibility index (Phi) is 5.12. The van der Waals surface area contributed by atoms with Gasteiger partial charge in [0, 0.05) is 13.5 Å². The first kappa shape index (κ1) is 18.0. The van der Waals surface area contributed by atoms with Crippen LogP contribution in [0.3, 0.4) is 0 Å². The van der Waals surface area contributed by atoms with Gasteiger partial charge in [-0.2, -0.15) is 0 Å². The lowest BCUT2D eigenvalue weighted by molar-refractivity contribution is 0.162. The van der Waals surface area contributed by atoms with E-state index in [0.717, 1.165) is 42.2 Å². The van der Waals surface area contributed by atoms with Gasteiger partial charge in [0.05, 0.1) is 23.5 Å². The Balaban J connectivity index is 1.69. The number of likely N-dealkylation sites (tertiary alicyclic amines) is 1. The predicted octanol–water partition coefficient (Wildman–Crippen LogP) is 4.21. The fourth-order valence-electron chi connectivity index (χ4n) is 4.03. The Morgan fingerprint density at radius 2 is 2.00 bits per heavy atom. The molecule has 0 aliphatic carbocycles. The molecule has 1 atom stereocenters. The van der Waals surface area contributed by atoms with Crippen molar-refractivity contribution in [3.05, 3.63) is 64.1 Å². The van der Waals surface area contributed by atoms with Crippen LogP contribution in [0.4, 0.5) is 0 Å². The summed E-state index contributed by atoms with van der Waals surface area (Å²) in [6.45, 7) is 3.77. The van der Waals surface area contributed by atoms with Crippen molar-refractivity contribution >= 4 is 10.9 Å². The fraction of sp³-hybridized carbons (Fsp3) is 0.455. The van der Waals surface area contributed by atoms with Crippen LogP contribution in [0.5, 0.6) is 0 Å². The van der Waals surface area contributed by atoms with Crippen LogP contribution in [0.25, 0.3) is 10.9 Å². The lowest BCUT2D eigenvalue weighted by atomic mass is 10.1. The summed E-state index contributed by atoms with van der Waals surface area (Å²) in [6, 6.07) is 12.0. The summed E-state index contributed by atoms with van der Waals surface area (Å²) >= 11 is 0. The van der Waals surface area contributed by atoms with Crippen molar-refractivity contribution in [1.82, 2.24) is 14.5 Å². The van der Waals surface area contributed by atoms with Crippen LogP contribution in [0.1, 0.15) is 56.0 Å². The van der Waals surface area contributed by atoms with Gasteiger partial charge in [0.1, 0.15) is 17.3 Å². The number of fused-ring (bicyclic) bond motifs is 1. The summed E-state index contributed by atoms with van der Waals surface area (Å²) in [4.78, 5) is 20.0. The molecule has 1 saturated heterocycles. The molecule has 0 bridgehead atoms. The molecule has 5 nitrogen and oxygen atoms in total. The van der Waals surface area contributed by atoms with Crippen LogP contribution in [-0.4, -0.2) is 21.0 Å². The first-order chi connectivity index (χ1) is 13.2. The largest absolute Gasteiger partial charge is 0.464 e. The molecule has 2 aromatic heterocycles.